The lowest BCUT2D eigenvalue weighted by Gasteiger charge is -2.11. The number of rotatable bonds is 5. The van der Waals surface area contributed by atoms with Gasteiger partial charge in [0.2, 0.25) is 0 Å². The largest absolute Gasteiger partial charge is 0.327 e. The Balaban J connectivity index is 2.16. The summed E-state index contributed by atoms with van der Waals surface area (Å²) in [7, 11) is 1.91. The quantitative estimate of drug-likeness (QED) is 0.898. The maximum Gasteiger partial charge on any atom is 0.104 e. The van der Waals surface area contributed by atoms with E-state index in [2.05, 4.69) is 23.1 Å². The minimum absolute atomic E-state index is 0.197. The summed E-state index contributed by atoms with van der Waals surface area (Å²) in [6.45, 7) is 2.11. The molecule has 2 rings (SSSR count). The normalized spacial score (nSPS) is 12.6. The lowest BCUT2D eigenvalue weighted by molar-refractivity contribution is 0.637. The zero-order chi connectivity index (χ0) is 13.0. The summed E-state index contributed by atoms with van der Waals surface area (Å²) in [6, 6.07) is 4.26. The van der Waals surface area contributed by atoms with Crippen molar-refractivity contribution < 1.29 is 0 Å². The first kappa shape index (κ1) is 13.1. The van der Waals surface area contributed by atoms with Gasteiger partial charge in [-0.25, -0.2) is 4.98 Å². The number of aryl methyl sites for hydroxylation is 1. The predicted octanol–water partition coefficient (Wildman–Crippen LogP) is 2.25. The zero-order valence-corrected chi connectivity index (χ0v) is 11.5. The first-order valence-electron chi connectivity index (χ1n) is 6.05. The van der Waals surface area contributed by atoms with E-state index in [9.17, 15) is 0 Å². The van der Waals surface area contributed by atoms with Crippen molar-refractivity contribution in [2.24, 2.45) is 12.8 Å². The molecule has 2 N–H and O–H groups in total. The van der Waals surface area contributed by atoms with Crippen LogP contribution in [0.5, 0.6) is 0 Å². The Kier molecular flexibility index (Phi) is 4.38. The van der Waals surface area contributed by atoms with Gasteiger partial charge in [-0.3, -0.25) is 4.68 Å². The molecular weight excluding hydrogens is 244 g/mol. The van der Waals surface area contributed by atoms with E-state index >= 15 is 0 Å². The van der Waals surface area contributed by atoms with Gasteiger partial charge in [-0.15, -0.1) is 0 Å². The van der Waals surface area contributed by atoms with Crippen LogP contribution in [0.15, 0.2) is 40.6 Å². The maximum atomic E-state index is 6.02. The second-order valence-corrected chi connectivity index (χ2v) is 5.35. The number of aromatic nitrogens is 3. The summed E-state index contributed by atoms with van der Waals surface area (Å²) in [5.41, 5.74) is 7.23. The van der Waals surface area contributed by atoms with Gasteiger partial charge in [0.25, 0.3) is 0 Å². The summed E-state index contributed by atoms with van der Waals surface area (Å²) < 4.78 is 1.79. The Labute approximate surface area is 112 Å². The molecule has 2 aromatic heterocycles. The van der Waals surface area contributed by atoms with Gasteiger partial charge in [0.1, 0.15) is 5.03 Å². The molecule has 96 valence electrons. The van der Waals surface area contributed by atoms with Crippen LogP contribution < -0.4 is 5.73 Å². The van der Waals surface area contributed by atoms with Crippen LogP contribution in [0.3, 0.4) is 0 Å². The van der Waals surface area contributed by atoms with E-state index in [0.717, 1.165) is 22.8 Å². The molecule has 0 aromatic carbocycles. The third-order valence-electron chi connectivity index (χ3n) is 2.75. The van der Waals surface area contributed by atoms with Crippen molar-refractivity contribution in [1.82, 2.24) is 14.8 Å². The molecule has 1 atom stereocenters. The topological polar surface area (TPSA) is 56.7 Å². The molecule has 18 heavy (non-hydrogen) atoms. The summed E-state index contributed by atoms with van der Waals surface area (Å²) in [5.74, 6) is 0. The van der Waals surface area contributed by atoms with Crippen molar-refractivity contribution >= 4 is 11.8 Å². The Morgan fingerprint density at radius 1 is 1.50 bits per heavy atom. The highest BCUT2D eigenvalue weighted by Crippen LogP contribution is 2.28. The van der Waals surface area contributed by atoms with Gasteiger partial charge in [-0.1, -0.05) is 24.8 Å². The second kappa shape index (κ2) is 6.02. The lowest BCUT2D eigenvalue weighted by Crippen LogP contribution is -2.21. The Morgan fingerprint density at radius 3 is 3.00 bits per heavy atom. The molecule has 0 saturated heterocycles. The van der Waals surface area contributed by atoms with Crippen molar-refractivity contribution in [2.45, 2.75) is 35.7 Å². The number of pyridine rings is 1. The molecule has 0 fully saturated rings. The molecule has 0 aliphatic heterocycles. The summed E-state index contributed by atoms with van der Waals surface area (Å²) in [4.78, 5) is 5.54. The van der Waals surface area contributed by atoms with Crippen molar-refractivity contribution in [3.8, 4) is 0 Å². The molecule has 4 nitrogen and oxygen atoms in total. The standard InChI is InChI=1S/C13H18N4S/c1-3-11(14)7-10-5-4-6-15-13(10)18-12-8-16-17(2)9-12/h4-6,8-9,11H,3,7,14H2,1-2H3. The van der Waals surface area contributed by atoms with E-state index in [1.807, 2.05) is 31.7 Å². The van der Waals surface area contributed by atoms with Gasteiger partial charge in [-0.2, -0.15) is 5.10 Å². The summed E-state index contributed by atoms with van der Waals surface area (Å²) in [5, 5.41) is 5.19. The number of nitrogens with two attached hydrogens (primary N) is 1. The van der Waals surface area contributed by atoms with E-state index in [0.29, 0.717) is 0 Å². The number of nitrogens with zero attached hydrogens (tertiary/aromatic N) is 3. The van der Waals surface area contributed by atoms with Crippen LogP contribution in [-0.4, -0.2) is 20.8 Å². The second-order valence-electron chi connectivity index (χ2n) is 4.29. The fourth-order valence-electron chi connectivity index (χ4n) is 1.66. The highest BCUT2D eigenvalue weighted by Gasteiger charge is 2.09. The third kappa shape index (κ3) is 3.34. The first-order chi connectivity index (χ1) is 8.69. The molecule has 0 radical (unpaired) electrons. The van der Waals surface area contributed by atoms with Gasteiger partial charge < -0.3 is 5.73 Å². The van der Waals surface area contributed by atoms with Gasteiger partial charge in [-0.05, 0) is 24.5 Å². The summed E-state index contributed by atoms with van der Waals surface area (Å²) in [6.07, 6.45) is 7.50. The van der Waals surface area contributed by atoms with Crippen molar-refractivity contribution in [2.75, 3.05) is 0 Å². The van der Waals surface area contributed by atoms with Gasteiger partial charge >= 0.3 is 0 Å². The molecule has 0 spiro atoms. The zero-order valence-electron chi connectivity index (χ0n) is 10.7. The molecule has 0 saturated carbocycles. The fourth-order valence-corrected chi connectivity index (χ4v) is 2.59. The summed E-state index contributed by atoms with van der Waals surface area (Å²) >= 11 is 1.64. The van der Waals surface area contributed by atoms with Crippen LogP contribution in [0, 0.1) is 0 Å². The monoisotopic (exact) mass is 262 g/mol. The van der Waals surface area contributed by atoms with Crippen LogP contribution in [0.4, 0.5) is 0 Å². The smallest absolute Gasteiger partial charge is 0.104 e. The fraction of sp³-hybridized carbons (Fsp3) is 0.385. The molecule has 1 unspecified atom stereocenters. The average Bonchev–Trinajstić information content (AvgIpc) is 2.77. The van der Waals surface area contributed by atoms with Gasteiger partial charge in [0.05, 0.1) is 11.1 Å². The number of hydrogen-bond acceptors (Lipinski definition) is 4. The maximum absolute atomic E-state index is 6.02. The lowest BCUT2D eigenvalue weighted by atomic mass is 10.1. The van der Waals surface area contributed by atoms with Crippen LogP contribution in [0.2, 0.25) is 0 Å². The van der Waals surface area contributed by atoms with Gasteiger partial charge in [0.15, 0.2) is 0 Å². The average molecular weight is 262 g/mol. The van der Waals surface area contributed by atoms with E-state index in [4.69, 9.17) is 5.73 Å². The van der Waals surface area contributed by atoms with Crippen LogP contribution in [-0.2, 0) is 13.5 Å². The van der Waals surface area contributed by atoms with Crippen molar-refractivity contribution in [3.05, 3.63) is 36.3 Å². The molecule has 0 amide bonds. The Morgan fingerprint density at radius 2 is 2.33 bits per heavy atom. The van der Waals surface area contributed by atoms with E-state index in [-0.39, 0.29) is 6.04 Å². The Bertz CT molecular complexity index is 509. The molecular formula is C13H18N4S. The third-order valence-corrected chi connectivity index (χ3v) is 3.76. The molecule has 2 aromatic rings. The molecule has 0 bridgehead atoms. The van der Waals surface area contributed by atoms with E-state index in [1.165, 1.54) is 5.56 Å². The van der Waals surface area contributed by atoms with Crippen molar-refractivity contribution in [3.63, 3.8) is 0 Å². The van der Waals surface area contributed by atoms with E-state index < -0.39 is 0 Å². The molecule has 0 aliphatic carbocycles. The Hall–Kier alpha value is -1.33. The minimum Gasteiger partial charge on any atom is -0.327 e. The highest BCUT2D eigenvalue weighted by atomic mass is 32.2. The van der Waals surface area contributed by atoms with E-state index in [1.54, 1.807) is 16.4 Å². The molecule has 5 heteroatoms. The minimum atomic E-state index is 0.197. The number of hydrogen-bond donors (Lipinski definition) is 1. The van der Waals surface area contributed by atoms with Crippen LogP contribution in [0.1, 0.15) is 18.9 Å². The molecule has 2 heterocycles. The van der Waals surface area contributed by atoms with Crippen LogP contribution >= 0.6 is 11.8 Å². The highest BCUT2D eigenvalue weighted by molar-refractivity contribution is 7.99. The first-order valence-corrected chi connectivity index (χ1v) is 6.86. The SMILES string of the molecule is CCC(N)Cc1cccnc1Sc1cnn(C)c1. The van der Waals surface area contributed by atoms with Gasteiger partial charge in [0, 0.05) is 25.5 Å². The van der Waals surface area contributed by atoms with Crippen LogP contribution in [0.25, 0.3) is 0 Å². The van der Waals surface area contributed by atoms with Crippen molar-refractivity contribution in [1.29, 1.82) is 0 Å². The predicted molar refractivity (Wildman–Crippen MR) is 73.5 cm³/mol. The molecule has 0 aliphatic rings.